The number of benzene rings is 1. The monoisotopic (exact) mass is 500 g/mol. The fourth-order valence-electron chi connectivity index (χ4n) is 4.69. The molecule has 4 atom stereocenters. The summed E-state index contributed by atoms with van der Waals surface area (Å²) >= 11 is 0. The highest BCUT2D eigenvalue weighted by Crippen LogP contribution is 2.27. The van der Waals surface area contributed by atoms with Crippen molar-refractivity contribution in [3.8, 4) is 0 Å². The molecule has 4 N–H and O–H groups in total. The molecule has 2 heterocycles. The van der Waals surface area contributed by atoms with E-state index in [1.54, 1.807) is 20.8 Å². The largest absolute Gasteiger partial charge is 0.444 e. The topological polar surface area (TPSA) is 137 Å². The Hall–Kier alpha value is -3.14. The van der Waals surface area contributed by atoms with E-state index in [4.69, 9.17) is 4.74 Å². The zero-order valence-corrected chi connectivity index (χ0v) is 21.1. The number of hydrogen-bond acceptors (Lipinski definition) is 6. The van der Waals surface area contributed by atoms with Gasteiger partial charge >= 0.3 is 6.09 Å². The number of nitrogens with one attached hydrogen (secondary N) is 3. The van der Waals surface area contributed by atoms with Crippen molar-refractivity contribution in [1.82, 2.24) is 20.9 Å². The Bertz CT molecular complexity index is 1020. The van der Waals surface area contributed by atoms with Gasteiger partial charge in [0, 0.05) is 24.9 Å². The van der Waals surface area contributed by atoms with Crippen LogP contribution in [0.4, 0.5) is 4.79 Å². The van der Waals surface area contributed by atoms with E-state index in [0.717, 1.165) is 24.0 Å². The predicted octanol–water partition coefficient (Wildman–Crippen LogP) is 0.999. The average molecular weight is 501 g/mol. The molecule has 0 radical (unpaired) electrons. The molecule has 1 saturated heterocycles. The number of amides is 4. The van der Waals surface area contributed by atoms with Crippen molar-refractivity contribution in [3.63, 3.8) is 0 Å². The van der Waals surface area contributed by atoms with Crippen LogP contribution in [0.5, 0.6) is 0 Å². The molecule has 4 amide bonds. The zero-order valence-electron chi connectivity index (χ0n) is 21.1. The quantitative estimate of drug-likeness (QED) is 0.441. The van der Waals surface area contributed by atoms with Crippen molar-refractivity contribution in [3.05, 3.63) is 35.4 Å². The minimum absolute atomic E-state index is 0.0378. The van der Waals surface area contributed by atoms with E-state index in [0.29, 0.717) is 13.0 Å². The third kappa shape index (κ3) is 6.34. The summed E-state index contributed by atoms with van der Waals surface area (Å²) in [5.41, 5.74) is 1.12. The highest BCUT2D eigenvalue weighted by atomic mass is 16.6. The maximum Gasteiger partial charge on any atom is 0.411 e. The number of ether oxygens (including phenoxy) is 1. The first-order chi connectivity index (χ1) is 17.0. The number of fused-ring (bicyclic) bond motifs is 1. The van der Waals surface area contributed by atoms with Crippen LogP contribution in [-0.4, -0.2) is 70.2 Å². The van der Waals surface area contributed by atoms with Gasteiger partial charge in [0.2, 0.25) is 11.8 Å². The molecule has 0 bridgehead atoms. The summed E-state index contributed by atoms with van der Waals surface area (Å²) in [5, 5.41) is 19.2. The normalized spacial score (nSPS) is 23.2. The Morgan fingerprint density at radius 3 is 2.47 bits per heavy atom. The summed E-state index contributed by atoms with van der Waals surface area (Å²) in [6, 6.07) is 5.75. The van der Waals surface area contributed by atoms with E-state index < -0.39 is 47.6 Å². The summed E-state index contributed by atoms with van der Waals surface area (Å²) < 4.78 is 5.58. The Kier molecular flexibility index (Phi) is 7.54. The van der Waals surface area contributed by atoms with E-state index in [1.807, 2.05) is 24.3 Å². The smallest absolute Gasteiger partial charge is 0.411 e. The molecule has 0 spiro atoms. The van der Waals surface area contributed by atoms with Crippen molar-refractivity contribution in [2.75, 3.05) is 6.54 Å². The van der Waals surface area contributed by atoms with Crippen LogP contribution in [0.1, 0.15) is 57.6 Å². The number of aliphatic hydroxyl groups excluding tert-OH is 1. The number of carbonyl (C=O) groups is 4. The molecule has 0 aromatic heterocycles. The van der Waals surface area contributed by atoms with Gasteiger partial charge in [0.05, 0.1) is 12.6 Å². The second-order valence-corrected chi connectivity index (χ2v) is 11.0. The second kappa shape index (κ2) is 10.5. The van der Waals surface area contributed by atoms with Gasteiger partial charge in [-0.1, -0.05) is 24.3 Å². The molecule has 1 aromatic carbocycles. The predicted molar refractivity (Wildman–Crippen MR) is 131 cm³/mol. The molecule has 10 heteroatoms. The Labute approximate surface area is 211 Å². The minimum atomic E-state index is -1.52. The van der Waals surface area contributed by atoms with E-state index in [9.17, 15) is 24.3 Å². The SMILES string of the molecule is CC(C)(C)OC(=O)N1Cc2ccccc2C[C@H]1C(=O)N[C@@H](C[C@@H]1CCNC1=O)C(O)C(=O)NC1CC1. The van der Waals surface area contributed by atoms with E-state index in [1.165, 1.54) is 4.90 Å². The van der Waals surface area contributed by atoms with Crippen LogP contribution in [0.15, 0.2) is 24.3 Å². The lowest BCUT2D eigenvalue weighted by atomic mass is 9.91. The van der Waals surface area contributed by atoms with Gasteiger partial charge in [-0.15, -0.1) is 0 Å². The first kappa shape index (κ1) is 25.9. The molecule has 196 valence electrons. The van der Waals surface area contributed by atoms with E-state index in [-0.39, 0.29) is 31.3 Å². The molecule has 1 aromatic rings. The molecular formula is C26H36N4O6. The summed E-state index contributed by atoms with van der Waals surface area (Å²) in [4.78, 5) is 52.9. The van der Waals surface area contributed by atoms with Crippen molar-refractivity contribution >= 4 is 23.8 Å². The standard InChI is InChI=1S/C26H36N4O6/c1-26(2,3)36-25(35)30-14-17-7-5-4-6-15(17)13-20(30)23(33)29-19(12-16-10-11-27-22(16)32)21(31)24(34)28-18-8-9-18/h4-7,16,18-21,31H,8-14H2,1-3H3,(H,27,32)(H,28,34)(H,29,33)/t16-,19-,20-,21?/m0/s1. The molecular weight excluding hydrogens is 464 g/mol. The second-order valence-electron chi connectivity index (χ2n) is 11.0. The third-order valence-corrected chi connectivity index (χ3v) is 6.78. The molecule has 36 heavy (non-hydrogen) atoms. The van der Waals surface area contributed by atoms with Gasteiger partial charge in [-0.05, 0) is 57.6 Å². The number of carbonyl (C=O) groups excluding carboxylic acids is 4. The van der Waals surface area contributed by atoms with Crippen LogP contribution in [0.2, 0.25) is 0 Å². The Morgan fingerprint density at radius 2 is 1.86 bits per heavy atom. The molecule has 10 nitrogen and oxygen atoms in total. The molecule has 1 saturated carbocycles. The average Bonchev–Trinajstić information content (AvgIpc) is 3.55. The summed E-state index contributed by atoms with van der Waals surface area (Å²) in [7, 11) is 0. The lowest BCUT2D eigenvalue weighted by molar-refractivity contribution is -0.135. The lowest BCUT2D eigenvalue weighted by Gasteiger charge is -2.38. The first-order valence-electron chi connectivity index (χ1n) is 12.6. The summed E-state index contributed by atoms with van der Waals surface area (Å²) in [6.07, 6.45) is 0.516. The molecule has 1 aliphatic carbocycles. The molecule has 2 aliphatic heterocycles. The summed E-state index contributed by atoms with van der Waals surface area (Å²) in [6.45, 7) is 5.99. The maximum atomic E-state index is 13.6. The Balaban J connectivity index is 1.55. The van der Waals surface area contributed by atoms with Gasteiger partial charge in [0.1, 0.15) is 11.6 Å². The Morgan fingerprint density at radius 1 is 1.17 bits per heavy atom. The van der Waals surface area contributed by atoms with Crippen LogP contribution < -0.4 is 16.0 Å². The first-order valence-corrected chi connectivity index (χ1v) is 12.6. The molecule has 2 fully saturated rings. The zero-order chi connectivity index (χ0) is 26.0. The van der Waals surface area contributed by atoms with Crippen LogP contribution in [0.25, 0.3) is 0 Å². The van der Waals surface area contributed by atoms with Gasteiger partial charge < -0.3 is 25.8 Å². The minimum Gasteiger partial charge on any atom is -0.444 e. The van der Waals surface area contributed by atoms with E-state index >= 15 is 0 Å². The number of nitrogens with zero attached hydrogens (tertiary/aromatic N) is 1. The van der Waals surface area contributed by atoms with Gasteiger partial charge in [0.15, 0.2) is 6.10 Å². The molecule has 1 unspecified atom stereocenters. The van der Waals surface area contributed by atoms with Gasteiger partial charge in [0.25, 0.3) is 5.91 Å². The number of aliphatic hydroxyl groups is 1. The van der Waals surface area contributed by atoms with Crippen molar-refractivity contribution < 1.29 is 29.0 Å². The lowest BCUT2D eigenvalue weighted by Crippen LogP contribution is -2.58. The van der Waals surface area contributed by atoms with Gasteiger partial charge in [-0.25, -0.2) is 4.79 Å². The number of rotatable bonds is 7. The fourth-order valence-corrected chi connectivity index (χ4v) is 4.69. The molecule has 4 rings (SSSR count). The third-order valence-electron chi connectivity index (χ3n) is 6.78. The molecule has 3 aliphatic rings. The van der Waals surface area contributed by atoms with Crippen molar-refractivity contribution in [2.45, 2.75) is 89.3 Å². The number of hydrogen-bond donors (Lipinski definition) is 4. The van der Waals surface area contributed by atoms with Crippen LogP contribution in [0.3, 0.4) is 0 Å². The maximum absolute atomic E-state index is 13.6. The van der Waals surface area contributed by atoms with Crippen LogP contribution in [0, 0.1) is 5.92 Å². The van der Waals surface area contributed by atoms with Crippen molar-refractivity contribution in [1.29, 1.82) is 0 Å². The summed E-state index contributed by atoms with van der Waals surface area (Å²) in [5.74, 6) is -1.66. The van der Waals surface area contributed by atoms with Crippen molar-refractivity contribution in [2.24, 2.45) is 5.92 Å². The van der Waals surface area contributed by atoms with Crippen LogP contribution in [-0.2, 0) is 32.1 Å². The van der Waals surface area contributed by atoms with Gasteiger partial charge in [-0.2, -0.15) is 0 Å². The van der Waals surface area contributed by atoms with E-state index in [2.05, 4.69) is 16.0 Å². The van der Waals surface area contributed by atoms with Crippen LogP contribution >= 0.6 is 0 Å². The highest BCUT2D eigenvalue weighted by Gasteiger charge is 2.41. The fraction of sp³-hybridized carbons (Fsp3) is 0.615. The highest BCUT2D eigenvalue weighted by molar-refractivity contribution is 5.89. The van der Waals surface area contributed by atoms with Gasteiger partial charge in [-0.3, -0.25) is 19.3 Å².